The molecule has 3 N–H and O–H groups in total. The third-order valence-electron chi connectivity index (χ3n) is 2.45. The van der Waals surface area contributed by atoms with Gasteiger partial charge in [0.15, 0.2) is 5.13 Å². The predicted molar refractivity (Wildman–Crippen MR) is 72.1 cm³/mol. The first-order valence-electron chi connectivity index (χ1n) is 5.45. The number of rotatable bonds is 3. The third kappa shape index (κ3) is 2.91. The average molecular weight is 295 g/mol. The number of hydrogen-bond donors (Lipinski definition) is 3. The number of thiazole rings is 1. The number of phenols is 1. The van der Waals surface area contributed by atoms with Crippen LogP contribution in [0.3, 0.4) is 0 Å². The number of halogens is 1. The van der Waals surface area contributed by atoms with E-state index in [2.05, 4.69) is 15.5 Å². The van der Waals surface area contributed by atoms with Crippen LogP contribution in [-0.4, -0.2) is 26.9 Å². The molecule has 0 spiro atoms. The lowest BCUT2D eigenvalue weighted by atomic mass is 10.2. The van der Waals surface area contributed by atoms with Crippen LogP contribution in [0.25, 0.3) is 0 Å². The van der Waals surface area contributed by atoms with Gasteiger partial charge in [-0.05, 0) is 25.1 Å². The molecule has 1 aromatic carbocycles. The van der Waals surface area contributed by atoms with E-state index >= 15 is 0 Å². The highest BCUT2D eigenvalue weighted by Gasteiger charge is 2.14. The number of carbonyl (C=O) groups is 1. The fourth-order valence-corrected chi connectivity index (χ4v) is 2.15. The smallest absolute Gasteiger partial charge is 0.261 e. The number of amides is 1. The van der Waals surface area contributed by atoms with Crippen molar-refractivity contribution in [3.8, 4) is 5.75 Å². The number of anilines is 1. The van der Waals surface area contributed by atoms with Crippen LogP contribution >= 0.6 is 11.3 Å². The minimum Gasteiger partial charge on any atom is -0.507 e. The summed E-state index contributed by atoms with van der Waals surface area (Å²) in [5.74, 6) is -1.63. The highest BCUT2D eigenvalue weighted by molar-refractivity contribution is 7.14. The first kappa shape index (κ1) is 13.9. The minimum absolute atomic E-state index is 0.186. The Morgan fingerprint density at radius 2 is 2.25 bits per heavy atom. The van der Waals surface area contributed by atoms with Gasteiger partial charge in [0.2, 0.25) is 0 Å². The van der Waals surface area contributed by atoms with Crippen LogP contribution in [0.1, 0.15) is 23.0 Å². The Hall–Kier alpha value is -2.48. The standard InChI is InChI=1S/C12H10FN3O3S/c1-6(16-19)9-5-20-12(14-9)15-11(18)8-4-7(13)2-3-10(8)17/h2-5,17,19H,1H3,(H,14,15,18)/b16-6-. The van der Waals surface area contributed by atoms with Crippen LogP contribution in [0.5, 0.6) is 5.75 Å². The van der Waals surface area contributed by atoms with E-state index in [1.807, 2.05) is 0 Å². The summed E-state index contributed by atoms with van der Waals surface area (Å²) in [6.07, 6.45) is 0. The van der Waals surface area contributed by atoms with Gasteiger partial charge in [-0.2, -0.15) is 0 Å². The molecule has 0 saturated heterocycles. The van der Waals surface area contributed by atoms with E-state index in [-0.39, 0.29) is 16.4 Å². The molecule has 1 aromatic heterocycles. The average Bonchev–Trinajstić information content (AvgIpc) is 2.89. The zero-order valence-electron chi connectivity index (χ0n) is 10.3. The lowest BCUT2D eigenvalue weighted by molar-refractivity contribution is 0.102. The van der Waals surface area contributed by atoms with Crippen molar-refractivity contribution in [3.63, 3.8) is 0 Å². The summed E-state index contributed by atoms with van der Waals surface area (Å²) in [6.45, 7) is 1.55. The van der Waals surface area contributed by atoms with E-state index in [1.54, 1.807) is 12.3 Å². The summed E-state index contributed by atoms with van der Waals surface area (Å²) in [5, 5.41) is 25.4. The zero-order chi connectivity index (χ0) is 14.7. The van der Waals surface area contributed by atoms with Gasteiger partial charge >= 0.3 is 0 Å². The molecule has 2 rings (SSSR count). The molecule has 0 bridgehead atoms. The van der Waals surface area contributed by atoms with Gasteiger partial charge < -0.3 is 10.3 Å². The summed E-state index contributed by atoms with van der Waals surface area (Å²) in [4.78, 5) is 15.9. The van der Waals surface area contributed by atoms with Gasteiger partial charge in [-0.3, -0.25) is 10.1 Å². The fraction of sp³-hybridized carbons (Fsp3) is 0.0833. The Morgan fingerprint density at radius 1 is 1.50 bits per heavy atom. The molecule has 1 heterocycles. The van der Waals surface area contributed by atoms with Crippen molar-refractivity contribution in [2.75, 3.05) is 5.32 Å². The maximum atomic E-state index is 13.1. The Kier molecular flexibility index (Phi) is 3.94. The summed E-state index contributed by atoms with van der Waals surface area (Å²) < 4.78 is 13.1. The molecular formula is C12H10FN3O3S. The van der Waals surface area contributed by atoms with Gasteiger partial charge in [0.1, 0.15) is 23.0 Å². The number of oxime groups is 1. The third-order valence-corrected chi connectivity index (χ3v) is 3.21. The molecular weight excluding hydrogens is 285 g/mol. The predicted octanol–water partition coefficient (Wildman–Crippen LogP) is 2.44. The van der Waals surface area contributed by atoms with Gasteiger partial charge in [-0.25, -0.2) is 9.37 Å². The van der Waals surface area contributed by atoms with Gasteiger partial charge in [0, 0.05) is 5.38 Å². The highest BCUT2D eigenvalue weighted by atomic mass is 32.1. The van der Waals surface area contributed by atoms with Crippen molar-refractivity contribution in [3.05, 3.63) is 40.7 Å². The molecule has 104 valence electrons. The maximum Gasteiger partial charge on any atom is 0.261 e. The maximum absolute atomic E-state index is 13.1. The number of nitrogens with one attached hydrogen (secondary N) is 1. The molecule has 8 heteroatoms. The van der Waals surface area contributed by atoms with Gasteiger partial charge in [-0.15, -0.1) is 11.3 Å². The molecule has 0 aliphatic carbocycles. The Morgan fingerprint density at radius 3 is 2.95 bits per heavy atom. The Labute approximate surface area is 117 Å². The lowest BCUT2D eigenvalue weighted by Gasteiger charge is -2.04. The highest BCUT2D eigenvalue weighted by Crippen LogP contribution is 2.21. The van der Waals surface area contributed by atoms with E-state index in [0.717, 1.165) is 29.5 Å². The van der Waals surface area contributed by atoms with Gasteiger partial charge in [0.05, 0.1) is 5.56 Å². The van der Waals surface area contributed by atoms with E-state index < -0.39 is 11.7 Å². The first-order valence-corrected chi connectivity index (χ1v) is 6.33. The zero-order valence-corrected chi connectivity index (χ0v) is 11.1. The molecule has 2 aromatic rings. The molecule has 0 radical (unpaired) electrons. The fourth-order valence-electron chi connectivity index (χ4n) is 1.40. The molecule has 0 aliphatic heterocycles. The van der Waals surface area contributed by atoms with E-state index in [0.29, 0.717) is 11.4 Å². The van der Waals surface area contributed by atoms with Crippen molar-refractivity contribution < 1.29 is 19.5 Å². The van der Waals surface area contributed by atoms with Crippen LogP contribution in [0.2, 0.25) is 0 Å². The van der Waals surface area contributed by atoms with Crippen LogP contribution in [0, 0.1) is 5.82 Å². The minimum atomic E-state index is -0.679. The number of nitrogens with zero attached hydrogens (tertiary/aromatic N) is 2. The summed E-state index contributed by atoms with van der Waals surface area (Å²) in [7, 11) is 0. The first-order chi connectivity index (χ1) is 9.51. The van der Waals surface area contributed by atoms with Crippen molar-refractivity contribution in [1.29, 1.82) is 0 Å². The van der Waals surface area contributed by atoms with Crippen molar-refractivity contribution in [1.82, 2.24) is 4.98 Å². The largest absolute Gasteiger partial charge is 0.507 e. The van der Waals surface area contributed by atoms with Crippen LogP contribution in [0.15, 0.2) is 28.7 Å². The summed E-state index contributed by atoms with van der Waals surface area (Å²) in [5.41, 5.74) is 0.529. The number of hydrogen-bond acceptors (Lipinski definition) is 6. The van der Waals surface area contributed by atoms with Crippen molar-refractivity contribution in [2.24, 2.45) is 5.16 Å². The van der Waals surface area contributed by atoms with Crippen LogP contribution in [0.4, 0.5) is 9.52 Å². The lowest BCUT2D eigenvalue weighted by Crippen LogP contribution is -2.12. The SMILES string of the molecule is C/C(=N/O)c1csc(NC(=O)c2cc(F)ccc2O)n1. The quantitative estimate of drug-likeness (QED) is 0.460. The van der Waals surface area contributed by atoms with Crippen LogP contribution < -0.4 is 5.32 Å². The molecule has 20 heavy (non-hydrogen) atoms. The second-order valence-electron chi connectivity index (χ2n) is 3.84. The normalized spacial score (nSPS) is 11.4. The molecule has 0 aliphatic rings. The molecule has 0 atom stereocenters. The second-order valence-corrected chi connectivity index (χ2v) is 4.70. The topological polar surface area (TPSA) is 94.8 Å². The number of phenolic OH excluding ortho intramolecular Hbond substituents is 1. The Bertz CT molecular complexity index is 684. The molecule has 1 amide bonds. The number of aromatic hydroxyl groups is 1. The van der Waals surface area contributed by atoms with E-state index in [4.69, 9.17) is 5.21 Å². The van der Waals surface area contributed by atoms with E-state index in [9.17, 15) is 14.3 Å². The molecule has 0 fully saturated rings. The molecule has 6 nitrogen and oxygen atoms in total. The summed E-state index contributed by atoms with van der Waals surface area (Å²) in [6, 6.07) is 3.08. The molecule has 0 saturated carbocycles. The van der Waals surface area contributed by atoms with E-state index in [1.165, 1.54) is 0 Å². The number of aromatic nitrogens is 1. The summed E-state index contributed by atoms with van der Waals surface area (Å²) >= 11 is 1.12. The van der Waals surface area contributed by atoms with Gasteiger partial charge in [0.25, 0.3) is 5.91 Å². The molecule has 0 unspecified atom stereocenters. The van der Waals surface area contributed by atoms with Gasteiger partial charge in [-0.1, -0.05) is 5.16 Å². The number of benzene rings is 1. The van der Waals surface area contributed by atoms with Crippen molar-refractivity contribution >= 4 is 28.1 Å². The monoisotopic (exact) mass is 295 g/mol. The second kappa shape index (κ2) is 5.66. The number of carbonyl (C=O) groups excluding carboxylic acids is 1. The van der Waals surface area contributed by atoms with Crippen molar-refractivity contribution in [2.45, 2.75) is 6.92 Å². The van der Waals surface area contributed by atoms with Crippen LogP contribution in [-0.2, 0) is 0 Å². The Balaban J connectivity index is 2.19.